The largest absolute Gasteiger partial charge is 0.355 e. The Kier molecular flexibility index (Phi) is 4.24. The van der Waals surface area contributed by atoms with Crippen molar-refractivity contribution in [1.82, 2.24) is 5.32 Å². The number of hydrogen-bond acceptors (Lipinski definition) is 1. The average Bonchev–Trinajstić information content (AvgIpc) is 2.62. The minimum absolute atomic E-state index is 0.0541. The normalized spacial score (nSPS) is 10.3. The Morgan fingerprint density at radius 2 is 1.35 bits per heavy atom. The summed E-state index contributed by atoms with van der Waals surface area (Å²) < 4.78 is 0. The highest BCUT2D eigenvalue weighted by Crippen LogP contribution is 2.34. The van der Waals surface area contributed by atoms with Crippen molar-refractivity contribution in [2.24, 2.45) is 0 Å². The van der Waals surface area contributed by atoms with Crippen LogP contribution in [-0.2, 0) is 0 Å². The second-order valence-corrected chi connectivity index (χ2v) is 5.47. The maximum atomic E-state index is 12.1. The second-order valence-electron chi connectivity index (χ2n) is 5.47. The number of carbonyl (C=O) groups excluding carboxylic acids is 1. The van der Waals surface area contributed by atoms with Gasteiger partial charge in [0.15, 0.2) is 0 Å². The van der Waals surface area contributed by atoms with E-state index in [1.165, 1.54) is 11.1 Å². The Hall–Kier alpha value is -2.87. The summed E-state index contributed by atoms with van der Waals surface area (Å²) >= 11 is 0. The maximum absolute atomic E-state index is 12.1. The summed E-state index contributed by atoms with van der Waals surface area (Å²) in [6.45, 7) is 2.00. The summed E-state index contributed by atoms with van der Waals surface area (Å²) in [4.78, 5) is 12.1. The van der Waals surface area contributed by atoms with Crippen LogP contribution in [0.15, 0.2) is 72.8 Å². The van der Waals surface area contributed by atoms with Crippen molar-refractivity contribution in [3.05, 3.63) is 83.9 Å². The summed E-state index contributed by atoms with van der Waals surface area (Å²) in [6.07, 6.45) is 0. The molecule has 0 aliphatic carbocycles. The Morgan fingerprint density at radius 1 is 0.739 bits per heavy atom. The minimum Gasteiger partial charge on any atom is -0.355 e. The van der Waals surface area contributed by atoms with Gasteiger partial charge in [0.25, 0.3) is 5.91 Å². The lowest BCUT2D eigenvalue weighted by molar-refractivity contribution is 0.0962. The number of carbonyl (C=O) groups is 1. The van der Waals surface area contributed by atoms with E-state index in [2.05, 4.69) is 35.6 Å². The predicted octanol–water partition coefficient (Wildman–Crippen LogP) is 4.69. The fourth-order valence-corrected chi connectivity index (χ4v) is 2.90. The monoisotopic (exact) mass is 301 g/mol. The zero-order chi connectivity index (χ0) is 16.2. The fourth-order valence-electron chi connectivity index (χ4n) is 2.90. The second kappa shape index (κ2) is 6.49. The number of rotatable bonds is 3. The van der Waals surface area contributed by atoms with E-state index in [9.17, 15) is 4.79 Å². The molecule has 0 unspecified atom stereocenters. The third-order valence-electron chi connectivity index (χ3n) is 4.11. The van der Waals surface area contributed by atoms with Crippen LogP contribution in [0.5, 0.6) is 0 Å². The van der Waals surface area contributed by atoms with E-state index in [4.69, 9.17) is 0 Å². The molecule has 1 N–H and O–H groups in total. The zero-order valence-electron chi connectivity index (χ0n) is 13.3. The summed E-state index contributed by atoms with van der Waals surface area (Å²) in [6, 6.07) is 24.5. The lowest BCUT2D eigenvalue weighted by Gasteiger charge is -2.14. The van der Waals surface area contributed by atoms with E-state index >= 15 is 0 Å². The zero-order valence-corrected chi connectivity index (χ0v) is 13.3. The van der Waals surface area contributed by atoms with E-state index in [1.54, 1.807) is 7.05 Å². The Bertz CT molecular complexity index is 837. The number of hydrogen-bond donors (Lipinski definition) is 1. The van der Waals surface area contributed by atoms with Crippen LogP contribution < -0.4 is 5.32 Å². The maximum Gasteiger partial charge on any atom is 0.251 e. The van der Waals surface area contributed by atoms with Crippen LogP contribution in [0.1, 0.15) is 15.9 Å². The molecule has 0 atom stereocenters. The van der Waals surface area contributed by atoms with Crippen LogP contribution in [-0.4, -0.2) is 13.0 Å². The van der Waals surface area contributed by atoms with Crippen LogP contribution >= 0.6 is 0 Å². The molecule has 3 aromatic rings. The summed E-state index contributed by atoms with van der Waals surface area (Å²) in [5.41, 5.74) is 6.29. The van der Waals surface area contributed by atoms with Gasteiger partial charge in [0.2, 0.25) is 0 Å². The quantitative estimate of drug-likeness (QED) is 0.747. The van der Waals surface area contributed by atoms with Gasteiger partial charge in [-0.25, -0.2) is 0 Å². The third kappa shape index (κ3) is 2.88. The topological polar surface area (TPSA) is 29.1 Å². The van der Waals surface area contributed by atoms with Crippen LogP contribution in [0.3, 0.4) is 0 Å². The van der Waals surface area contributed by atoms with Gasteiger partial charge in [0.05, 0.1) is 0 Å². The summed E-state index contributed by atoms with van der Waals surface area (Å²) in [7, 11) is 1.66. The Labute approximate surface area is 136 Å². The first kappa shape index (κ1) is 15.0. The van der Waals surface area contributed by atoms with Crippen molar-refractivity contribution in [3.63, 3.8) is 0 Å². The first-order valence-electron chi connectivity index (χ1n) is 7.69. The molecule has 3 aromatic carbocycles. The smallest absolute Gasteiger partial charge is 0.251 e. The van der Waals surface area contributed by atoms with Crippen molar-refractivity contribution >= 4 is 5.91 Å². The van der Waals surface area contributed by atoms with Gasteiger partial charge in [0.1, 0.15) is 0 Å². The first-order valence-corrected chi connectivity index (χ1v) is 7.69. The van der Waals surface area contributed by atoms with Crippen molar-refractivity contribution in [1.29, 1.82) is 0 Å². The molecule has 0 spiro atoms. The van der Waals surface area contributed by atoms with Crippen molar-refractivity contribution in [2.75, 3.05) is 7.05 Å². The van der Waals surface area contributed by atoms with Crippen LogP contribution in [0.2, 0.25) is 0 Å². The van der Waals surface area contributed by atoms with Crippen LogP contribution in [0.4, 0.5) is 0 Å². The van der Waals surface area contributed by atoms with Gasteiger partial charge in [-0.15, -0.1) is 0 Å². The van der Waals surface area contributed by atoms with Gasteiger partial charge in [-0.2, -0.15) is 0 Å². The molecule has 0 aliphatic rings. The van der Waals surface area contributed by atoms with Gasteiger partial charge in [-0.1, -0.05) is 66.7 Å². The van der Waals surface area contributed by atoms with Crippen molar-refractivity contribution < 1.29 is 4.79 Å². The standard InChI is InChI=1S/C21H19NO/c1-15-17(13-8-14-18(15)21(23)22-2)20-12-7-6-11-19(20)16-9-4-3-5-10-16/h3-14H,1-2H3,(H,22,23). The molecule has 1 amide bonds. The molecule has 0 bridgehead atoms. The number of nitrogens with one attached hydrogen (secondary N) is 1. The number of benzene rings is 3. The fraction of sp³-hybridized carbons (Fsp3) is 0.0952. The molecule has 0 radical (unpaired) electrons. The van der Waals surface area contributed by atoms with E-state index in [1.807, 2.05) is 49.4 Å². The molecule has 2 nitrogen and oxygen atoms in total. The lowest BCUT2D eigenvalue weighted by atomic mass is 9.90. The minimum atomic E-state index is -0.0541. The highest BCUT2D eigenvalue weighted by molar-refractivity contribution is 5.98. The number of amides is 1. The highest BCUT2D eigenvalue weighted by atomic mass is 16.1. The van der Waals surface area contributed by atoms with Gasteiger partial charge >= 0.3 is 0 Å². The van der Waals surface area contributed by atoms with Crippen molar-refractivity contribution in [2.45, 2.75) is 6.92 Å². The summed E-state index contributed by atoms with van der Waals surface area (Å²) in [5, 5.41) is 2.71. The van der Waals surface area contributed by atoms with Gasteiger partial charge in [-0.05, 0) is 40.8 Å². The molecule has 23 heavy (non-hydrogen) atoms. The molecule has 2 heteroatoms. The van der Waals surface area contributed by atoms with E-state index in [-0.39, 0.29) is 5.91 Å². The molecule has 0 aliphatic heterocycles. The molecule has 114 valence electrons. The molecule has 0 saturated heterocycles. The van der Waals surface area contributed by atoms with E-state index < -0.39 is 0 Å². The van der Waals surface area contributed by atoms with E-state index in [0.29, 0.717) is 5.56 Å². The average molecular weight is 301 g/mol. The van der Waals surface area contributed by atoms with Crippen molar-refractivity contribution in [3.8, 4) is 22.3 Å². The summed E-state index contributed by atoms with van der Waals surface area (Å²) in [5.74, 6) is -0.0541. The molecule has 0 heterocycles. The first-order chi connectivity index (χ1) is 11.2. The third-order valence-corrected chi connectivity index (χ3v) is 4.11. The molecule has 0 aromatic heterocycles. The Morgan fingerprint density at radius 3 is 2.04 bits per heavy atom. The predicted molar refractivity (Wildman–Crippen MR) is 95.4 cm³/mol. The van der Waals surface area contributed by atoms with E-state index in [0.717, 1.165) is 16.7 Å². The van der Waals surface area contributed by atoms with Crippen LogP contribution in [0.25, 0.3) is 22.3 Å². The SMILES string of the molecule is CNC(=O)c1cccc(-c2ccccc2-c2ccccc2)c1C. The molecule has 0 fully saturated rings. The van der Waals surface area contributed by atoms with Crippen LogP contribution in [0, 0.1) is 6.92 Å². The molecule has 0 saturated carbocycles. The molecular weight excluding hydrogens is 282 g/mol. The highest BCUT2D eigenvalue weighted by Gasteiger charge is 2.14. The van der Waals surface area contributed by atoms with Gasteiger partial charge in [-0.3, -0.25) is 4.79 Å². The van der Waals surface area contributed by atoms with Gasteiger partial charge in [0, 0.05) is 12.6 Å². The Balaban J connectivity index is 2.20. The van der Waals surface area contributed by atoms with Gasteiger partial charge < -0.3 is 5.32 Å². The molecule has 3 rings (SSSR count). The molecular formula is C21H19NO. The lowest BCUT2D eigenvalue weighted by Crippen LogP contribution is -2.19.